The van der Waals surface area contributed by atoms with Crippen LogP contribution in [0.3, 0.4) is 0 Å². The zero-order valence-electron chi connectivity index (χ0n) is 12.3. The highest BCUT2D eigenvalue weighted by Gasteiger charge is 2.26. The summed E-state index contributed by atoms with van der Waals surface area (Å²) in [6.45, 7) is 1.65. The smallest absolute Gasteiger partial charge is 0.222 e. The van der Waals surface area contributed by atoms with Crippen molar-refractivity contribution in [3.8, 4) is 6.07 Å². The fourth-order valence-corrected chi connectivity index (χ4v) is 2.39. The lowest BCUT2D eigenvalue weighted by Gasteiger charge is -2.23. The van der Waals surface area contributed by atoms with Gasteiger partial charge >= 0.3 is 0 Å². The summed E-state index contributed by atoms with van der Waals surface area (Å²) in [7, 11) is -3.18. The molecule has 0 spiro atoms. The summed E-state index contributed by atoms with van der Waals surface area (Å²) < 4.78 is 22.1. The van der Waals surface area contributed by atoms with Crippen LogP contribution in [0.1, 0.15) is 25.3 Å². The summed E-state index contributed by atoms with van der Waals surface area (Å²) in [5.41, 5.74) is 0.0918. The number of hydrogen-bond acceptors (Lipinski definition) is 4. The van der Waals surface area contributed by atoms with Crippen molar-refractivity contribution >= 4 is 15.7 Å². The van der Waals surface area contributed by atoms with Gasteiger partial charge in [0.05, 0.1) is 11.8 Å². The first kappa shape index (κ1) is 17.2. The molecule has 0 saturated heterocycles. The van der Waals surface area contributed by atoms with Crippen molar-refractivity contribution in [3.05, 3.63) is 35.9 Å². The van der Waals surface area contributed by atoms with E-state index >= 15 is 0 Å². The summed E-state index contributed by atoms with van der Waals surface area (Å²) in [4.78, 5) is 11.7. The van der Waals surface area contributed by atoms with Gasteiger partial charge in [-0.05, 0) is 25.3 Å². The van der Waals surface area contributed by atoms with Crippen molar-refractivity contribution in [3.63, 3.8) is 0 Å². The lowest BCUT2D eigenvalue weighted by atomic mass is 9.94. The number of sulfone groups is 1. The lowest BCUT2D eigenvalue weighted by Crippen LogP contribution is -2.45. The van der Waals surface area contributed by atoms with Crippen molar-refractivity contribution in [1.29, 1.82) is 5.26 Å². The number of nitrogens with one attached hydrogen (secondary N) is 1. The molecular formula is C15H20N2O3S. The number of hydrogen-bond donors (Lipinski definition) is 1. The molecule has 0 bridgehead atoms. The fourth-order valence-electron chi connectivity index (χ4n) is 1.83. The van der Waals surface area contributed by atoms with Gasteiger partial charge in [-0.15, -0.1) is 0 Å². The quantitative estimate of drug-likeness (QED) is 0.826. The molecule has 1 atom stereocenters. The molecule has 6 heteroatoms. The van der Waals surface area contributed by atoms with E-state index in [9.17, 15) is 18.5 Å². The van der Waals surface area contributed by atoms with Gasteiger partial charge in [-0.3, -0.25) is 4.79 Å². The summed E-state index contributed by atoms with van der Waals surface area (Å²) >= 11 is 0. The number of carbonyl (C=O) groups excluding carboxylic acids is 1. The second-order valence-electron chi connectivity index (χ2n) is 5.36. The highest BCUT2D eigenvalue weighted by atomic mass is 32.2. The summed E-state index contributed by atoms with van der Waals surface area (Å²) in [5.74, 6) is -0.628. The molecular weight excluding hydrogens is 288 g/mol. The number of amides is 1. The third-order valence-electron chi connectivity index (χ3n) is 3.12. The molecule has 0 unspecified atom stereocenters. The Hall–Kier alpha value is -1.87. The topological polar surface area (TPSA) is 87.0 Å². The van der Waals surface area contributed by atoms with Crippen molar-refractivity contribution < 1.29 is 13.2 Å². The van der Waals surface area contributed by atoms with Crippen LogP contribution in [0.2, 0.25) is 0 Å². The van der Waals surface area contributed by atoms with Crippen molar-refractivity contribution in [2.45, 2.75) is 31.7 Å². The van der Waals surface area contributed by atoms with Crippen LogP contribution < -0.4 is 5.32 Å². The fraction of sp³-hybridized carbons (Fsp3) is 0.467. The van der Waals surface area contributed by atoms with Crippen LogP contribution in [0, 0.1) is 11.3 Å². The largest absolute Gasteiger partial charge is 0.338 e. The van der Waals surface area contributed by atoms with Gasteiger partial charge in [-0.1, -0.05) is 30.3 Å². The zero-order chi connectivity index (χ0) is 15.9. The SMILES string of the molecule is C[C@](C#N)(CCc1ccccc1)NC(=O)CCS(C)(=O)=O. The molecule has 1 aromatic rings. The van der Waals surface area contributed by atoms with E-state index in [-0.39, 0.29) is 12.2 Å². The average molecular weight is 308 g/mol. The van der Waals surface area contributed by atoms with Crippen LogP contribution in [-0.4, -0.2) is 31.9 Å². The van der Waals surface area contributed by atoms with E-state index in [0.717, 1.165) is 11.8 Å². The maximum Gasteiger partial charge on any atom is 0.222 e. The summed E-state index contributed by atoms with van der Waals surface area (Å²) in [6, 6.07) is 11.8. The van der Waals surface area contributed by atoms with Gasteiger partial charge < -0.3 is 5.32 Å². The first-order valence-electron chi connectivity index (χ1n) is 6.68. The van der Waals surface area contributed by atoms with E-state index in [1.807, 2.05) is 30.3 Å². The molecule has 21 heavy (non-hydrogen) atoms. The van der Waals surface area contributed by atoms with Crippen LogP contribution in [-0.2, 0) is 21.1 Å². The Bertz CT molecular complexity index is 620. The minimum absolute atomic E-state index is 0.124. The molecule has 5 nitrogen and oxygen atoms in total. The molecule has 1 rings (SSSR count). The minimum atomic E-state index is -3.18. The molecule has 0 aliphatic rings. The number of aryl methyl sites for hydroxylation is 1. The van der Waals surface area contributed by atoms with E-state index in [0.29, 0.717) is 12.8 Å². The van der Waals surface area contributed by atoms with Crippen LogP contribution in [0.4, 0.5) is 0 Å². The molecule has 1 amide bonds. The standard InChI is InChI=1S/C15H20N2O3S/c1-15(12-16,10-8-13-6-4-3-5-7-13)17-14(18)9-11-21(2,19)20/h3-7H,8-11H2,1-2H3,(H,17,18)/t15-/m1/s1. The van der Waals surface area contributed by atoms with Crippen LogP contribution in [0.15, 0.2) is 30.3 Å². The Morgan fingerprint density at radius 2 is 1.95 bits per heavy atom. The number of carbonyl (C=O) groups is 1. The molecule has 114 valence electrons. The Labute approximate surface area is 125 Å². The summed E-state index contributed by atoms with van der Waals surface area (Å²) in [6.07, 6.45) is 2.09. The Kier molecular flexibility index (Phi) is 5.91. The lowest BCUT2D eigenvalue weighted by molar-refractivity contribution is -0.121. The number of nitrogens with zero attached hydrogens (tertiary/aromatic N) is 1. The molecule has 0 heterocycles. The Balaban J connectivity index is 2.56. The van der Waals surface area contributed by atoms with Crippen molar-refractivity contribution in [1.82, 2.24) is 5.32 Å². The van der Waals surface area contributed by atoms with Gasteiger partial charge in [0.1, 0.15) is 15.4 Å². The Morgan fingerprint density at radius 3 is 2.48 bits per heavy atom. The van der Waals surface area contributed by atoms with Crippen LogP contribution >= 0.6 is 0 Å². The highest BCUT2D eigenvalue weighted by molar-refractivity contribution is 7.90. The number of rotatable bonds is 7. The molecule has 1 aromatic carbocycles. The maximum atomic E-state index is 11.7. The molecule has 0 fully saturated rings. The number of benzene rings is 1. The van der Waals surface area contributed by atoms with E-state index < -0.39 is 21.3 Å². The molecule has 0 aliphatic heterocycles. The van der Waals surface area contributed by atoms with E-state index in [1.54, 1.807) is 6.92 Å². The van der Waals surface area contributed by atoms with Gasteiger partial charge in [-0.2, -0.15) is 5.26 Å². The van der Waals surface area contributed by atoms with E-state index in [2.05, 4.69) is 11.4 Å². The normalized spacial score (nSPS) is 14.0. The second kappa shape index (κ2) is 7.23. The van der Waals surface area contributed by atoms with Crippen molar-refractivity contribution in [2.75, 3.05) is 12.0 Å². The zero-order valence-corrected chi connectivity index (χ0v) is 13.1. The Morgan fingerprint density at radius 1 is 1.33 bits per heavy atom. The van der Waals surface area contributed by atoms with Crippen molar-refractivity contribution in [2.24, 2.45) is 0 Å². The predicted molar refractivity (Wildman–Crippen MR) is 81.3 cm³/mol. The molecule has 1 N–H and O–H groups in total. The number of nitriles is 1. The monoisotopic (exact) mass is 308 g/mol. The molecule has 0 radical (unpaired) electrons. The van der Waals surface area contributed by atoms with Gasteiger partial charge in [0.15, 0.2) is 0 Å². The molecule has 0 saturated carbocycles. The minimum Gasteiger partial charge on any atom is -0.338 e. The third-order valence-corrected chi connectivity index (χ3v) is 4.06. The van der Waals surface area contributed by atoms with Crippen LogP contribution in [0.5, 0.6) is 0 Å². The first-order chi connectivity index (χ1) is 9.74. The molecule has 0 aliphatic carbocycles. The van der Waals surface area contributed by atoms with Gasteiger partial charge in [-0.25, -0.2) is 8.42 Å². The maximum absolute atomic E-state index is 11.7. The second-order valence-corrected chi connectivity index (χ2v) is 7.62. The average Bonchev–Trinajstić information content (AvgIpc) is 2.43. The van der Waals surface area contributed by atoms with Gasteiger partial charge in [0.25, 0.3) is 0 Å². The van der Waals surface area contributed by atoms with Crippen LogP contribution in [0.25, 0.3) is 0 Å². The highest BCUT2D eigenvalue weighted by Crippen LogP contribution is 2.14. The molecule has 0 aromatic heterocycles. The summed E-state index contributed by atoms with van der Waals surface area (Å²) in [5, 5.41) is 11.9. The van der Waals surface area contributed by atoms with E-state index in [1.165, 1.54) is 0 Å². The van der Waals surface area contributed by atoms with E-state index in [4.69, 9.17) is 0 Å². The third kappa shape index (κ3) is 6.91. The van der Waals surface area contributed by atoms with Gasteiger partial charge in [0, 0.05) is 12.7 Å². The van der Waals surface area contributed by atoms with Gasteiger partial charge in [0.2, 0.25) is 5.91 Å². The predicted octanol–water partition coefficient (Wildman–Crippen LogP) is 1.45. The first-order valence-corrected chi connectivity index (χ1v) is 8.74.